The lowest BCUT2D eigenvalue weighted by Gasteiger charge is -2.00. The maximum absolute atomic E-state index is 10.7. The Labute approximate surface area is 131 Å². The molecule has 0 heterocycles. The Morgan fingerprint density at radius 3 is 2.29 bits per heavy atom. The van der Waals surface area contributed by atoms with E-state index in [-0.39, 0.29) is 15.7 Å². The Bertz CT molecular complexity index is 690. The van der Waals surface area contributed by atoms with Crippen molar-refractivity contribution in [3.05, 3.63) is 74.3 Å². The Hall–Kier alpha value is -2.17. The number of nitro benzene ring substituents is 1. The maximum atomic E-state index is 10.7. The lowest BCUT2D eigenvalue weighted by Crippen LogP contribution is -1.87. The van der Waals surface area contributed by atoms with Crippen molar-refractivity contribution in [2.45, 2.75) is 0 Å². The second-order valence-electron chi connectivity index (χ2n) is 4.06. The van der Waals surface area contributed by atoms with Crippen LogP contribution in [0, 0.1) is 10.1 Å². The zero-order valence-electron chi connectivity index (χ0n) is 10.7. The van der Waals surface area contributed by atoms with Gasteiger partial charge in [0.05, 0.1) is 15.0 Å². The van der Waals surface area contributed by atoms with E-state index >= 15 is 0 Å². The highest BCUT2D eigenvalue weighted by atomic mass is 35.5. The normalized spacial score (nSPS) is 11.3. The third-order valence-corrected chi connectivity index (χ3v) is 3.17. The fraction of sp³-hybridized carbons (Fsp3) is 0. The monoisotopic (exact) mass is 320 g/mol. The molecule has 0 atom stereocenters. The van der Waals surface area contributed by atoms with Crippen LogP contribution >= 0.6 is 23.2 Å². The molecule has 0 bridgehead atoms. The molecule has 2 rings (SSSR count). The molecule has 0 aliphatic carbocycles. The number of nitrogens with zero attached hydrogens (tertiary/aromatic N) is 2. The number of allylic oxidation sites excluding steroid dienone is 1. The molecule has 0 amide bonds. The summed E-state index contributed by atoms with van der Waals surface area (Å²) < 4.78 is 0. The summed E-state index contributed by atoms with van der Waals surface area (Å²) in [5.74, 6) is 0. The predicted octanol–water partition coefficient (Wildman–Crippen LogP) is 5.32. The fourth-order valence-corrected chi connectivity index (χ4v) is 2.19. The van der Waals surface area contributed by atoms with Crippen LogP contribution < -0.4 is 0 Å². The summed E-state index contributed by atoms with van der Waals surface area (Å²) in [6, 6.07) is 12.2. The van der Waals surface area contributed by atoms with Crippen LogP contribution in [0.4, 0.5) is 11.4 Å². The van der Waals surface area contributed by atoms with E-state index < -0.39 is 4.92 Å². The van der Waals surface area contributed by atoms with Crippen LogP contribution in [0.3, 0.4) is 0 Å². The van der Waals surface area contributed by atoms with Crippen LogP contribution in [0.25, 0.3) is 6.08 Å². The molecule has 4 nitrogen and oxygen atoms in total. The van der Waals surface area contributed by atoms with Crippen molar-refractivity contribution in [2.24, 2.45) is 4.99 Å². The van der Waals surface area contributed by atoms with E-state index in [1.807, 2.05) is 36.4 Å². The minimum Gasteiger partial charge on any atom is -0.258 e. The van der Waals surface area contributed by atoms with E-state index in [2.05, 4.69) is 4.99 Å². The molecule has 0 saturated carbocycles. The van der Waals surface area contributed by atoms with Crippen molar-refractivity contribution >= 4 is 46.9 Å². The van der Waals surface area contributed by atoms with Gasteiger partial charge in [0.1, 0.15) is 5.69 Å². The van der Waals surface area contributed by atoms with E-state index in [1.165, 1.54) is 18.3 Å². The van der Waals surface area contributed by atoms with Crippen LogP contribution in [0.5, 0.6) is 0 Å². The number of hydrogen-bond donors (Lipinski definition) is 0. The second kappa shape index (κ2) is 7.02. The van der Waals surface area contributed by atoms with Crippen molar-refractivity contribution in [1.82, 2.24) is 0 Å². The van der Waals surface area contributed by atoms with Gasteiger partial charge in [0, 0.05) is 18.3 Å². The smallest absolute Gasteiger partial charge is 0.258 e. The van der Waals surface area contributed by atoms with E-state index in [0.29, 0.717) is 5.69 Å². The number of rotatable bonds is 4. The Morgan fingerprint density at radius 2 is 1.71 bits per heavy atom. The van der Waals surface area contributed by atoms with Gasteiger partial charge in [0.2, 0.25) is 0 Å². The number of benzene rings is 2. The zero-order valence-corrected chi connectivity index (χ0v) is 12.3. The van der Waals surface area contributed by atoms with Gasteiger partial charge in [0.25, 0.3) is 5.69 Å². The first-order valence-corrected chi connectivity index (χ1v) is 6.73. The van der Waals surface area contributed by atoms with Gasteiger partial charge in [-0.15, -0.1) is 0 Å². The largest absolute Gasteiger partial charge is 0.272 e. The number of non-ortho nitro benzene ring substituents is 1. The predicted molar refractivity (Wildman–Crippen MR) is 86.7 cm³/mol. The van der Waals surface area contributed by atoms with Gasteiger partial charge < -0.3 is 0 Å². The van der Waals surface area contributed by atoms with Crippen molar-refractivity contribution in [3.63, 3.8) is 0 Å². The Balaban J connectivity index is 2.18. The minimum atomic E-state index is -0.555. The van der Waals surface area contributed by atoms with Crippen LogP contribution in [-0.4, -0.2) is 11.1 Å². The minimum absolute atomic E-state index is 0.138. The highest BCUT2D eigenvalue weighted by Crippen LogP contribution is 2.36. The lowest BCUT2D eigenvalue weighted by molar-refractivity contribution is -0.384. The summed E-state index contributed by atoms with van der Waals surface area (Å²) in [7, 11) is 0. The Morgan fingerprint density at radius 1 is 1.10 bits per heavy atom. The van der Waals surface area contributed by atoms with Crippen molar-refractivity contribution in [1.29, 1.82) is 0 Å². The topological polar surface area (TPSA) is 55.5 Å². The fourth-order valence-electron chi connectivity index (χ4n) is 1.62. The van der Waals surface area contributed by atoms with Crippen LogP contribution in [-0.2, 0) is 0 Å². The third-order valence-electron chi connectivity index (χ3n) is 2.59. The van der Waals surface area contributed by atoms with Crippen molar-refractivity contribution in [2.75, 3.05) is 0 Å². The van der Waals surface area contributed by atoms with Gasteiger partial charge >= 0.3 is 0 Å². The lowest BCUT2D eigenvalue weighted by atomic mass is 10.2. The molecule has 0 fully saturated rings. The van der Waals surface area contributed by atoms with Gasteiger partial charge in [-0.1, -0.05) is 59.6 Å². The second-order valence-corrected chi connectivity index (χ2v) is 4.88. The van der Waals surface area contributed by atoms with E-state index in [0.717, 1.165) is 5.56 Å². The molecule has 0 N–H and O–H groups in total. The molecular weight excluding hydrogens is 311 g/mol. The third kappa shape index (κ3) is 4.15. The average molecular weight is 321 g/mol. The molecule has 21 heavy (non-hydrogen) atoms. The summed E-state index contributed by atoms with van der Waals surface area (Å²) in [5, 5.41) is 10.9. The molecule has 2 aromatic rings. The zero-order chi connectivity index (χ0) is 15.2. The molecule has 0 radical (unpaired) electrons. The van der Waals surface area contributed by atoms with Gasteiger partial charge in [-0.2, -0.15) is 0 Å². The Kier molecular flexibility index (Phi) is 5.09. The summed E-state index contributed by atoms with van der Waals surface area (Å²) >= 11 is 11.9. The van der Waals surface area contributed by atoms with Gasteiger partial charge in [0.15, 0.2) is 0 Å². The molecule has 106 valence electrons. The van der Waals surface area contributed by atoms with E-state index in [4.69, 9.17) is 23.2 Å². The molecule has 2 aromatic carbocycles. The number of halogens is 2. The first-order valence-electron chi connectivity index (χ1n) is 5.97. The van der Waals surface area contributed by atoms with Gasteiger partial charge in [-0.05, 0) is 11.6 Å². The van der Waals surface area contributed by atoms with Crippen molar-refractivity contribution < 1.29 is 4.92 Å². The first kappa shape index (κ1) is 15.2. The molecule has 0 saturated heterocycles. The van der Waals surface area contributed by atoms with Crippen LogP contribution in [0.1, 0.15) is 5.56 Å². The van der Waals surface area contributed by atoms with E-state index in [1.54, 1.807) is 6.08 Å². The van der Waals surface area contributed by atoms with E-state index in [9.17, 15) is 10.1 Å². The molecule has 0 spiro atoms. The molecule has 0 aromatic heterocycles. The van der Waals surface area contributed by atoms with Gasteiger partial charge in [-0.25, -0.2) is 0 Å². The summed E-state index contributed by atoms with van der Waals surface area (Å²) in [6.45, 7) is 0. The summed E-state index contributed by atoms with van der Waals surface area (Å²) in [4.78, 5) is 14.2. The number of nitro groups is 1. The maximum Gasteiger partial charge on any atom is 0.272 e. The highest BCUT2D eigenvalue weighted by Gasteiger charge is 2.13. The standard InChI is InChI=1S/C15H10Cl2N2O2/c16-13-9-12(19(20)21)10-14(17)15(13)18-8-4-7-11-5-2-1-3-6-11/h1-10H/b7-4-,18-8?. The van der Waals surface area contributed by atoms with Gasteiger partial charge in [-0.3, -0.25) is 15.1 Å². The van der Waals surface area contributed by atoms with Crippen molar-refractivity contribution in [3.8, 4) is 0 Å². The molecule has 0 unspecified atom stereocenters. The molecule has 0 aliphatic rings. The summed E-state index contributed by atoms with van der Waals surface area (Å²) in [5.41, 5.74) is 1.18. The van der Waals surface area contributed by atoms with Crippen LogP contribution in [0.2, 0.25) is 10.0 Å². The molecular formula is C15H10Cl2N2O2. The molecule has 6 heteroatoms. The number of aliphatic imine (C=N–C) groups is 1. The quantitative estimate of drug-likeness (QED) is 0.435. The SMILES string of the molecule is O=[N+]([O-])c1cc(Cl)c(N=C/C=C\c2ccccc2)c(Cl)c1. The average Bonchev–Trinajstić information content (AvgIpc) is 2.46. The first-order chi connectivity index (χ1) is 10.1. The highest BCUT2D eigenvalue weighted by molar-refractivity contribution is 6.39. The molecule has 0 aliphatic heterocycles. The summed E-state index contributed by atoms with van der Waals surface area (Å²) in [6.07, 6.45) is 5.14. The number of hydrogen-bond acceptors (Lipinski definition) is 3. The van der Waals surface area contributed by atoms with Crippen LogP contribution in [0.15, 0.2) is 53.5 Å².